The molecular weight excluding hydrogens is 234 g/mol. The quantitative estimate of drug-likeness (QED) is 0.771. The molecule has 0 aromatic heterocycles. The third-order valence-electron chi connectivity index (χ3n) is 5.12. The Labute approximate surface area is 119 Å². The molecule has 1 saturated carbocycles. The van der Waals surface area contributed by atoms with Crippen LogP contribution in [0.5, 0.6) is 0 Å². The summed E-state index contributed by atoms with van der Waals surface area (Å²) in [6.45, 7) is 9.66. The maximum atomic E-state index is 3.76. The summed E-state index contributed by atoms with van der Waals surface area (Å²) in [6, 6.07) is 2.23. The molecule has 0 spiro atoms. The van der Waals surface area contributed by atoms with Crippen LogP contribution in [0.15, 0.2) is 0 Å². The minimum atomic E-state index is 0.704. The highest BCUT2D eigenvalue weighted by Crippen LogP contribution is 2.17. The minimum Gasteiger partial charge on any atom is -0.314 e. The van der Waals surface area contributed by atoms with Crippen LogP contribution in [0.25, 0.3) is 0 Å². The molecule has 0 radical (unpaired) electrons. The monoisotopic (exact) mass is 267 g/mol. The number of rotatable bonds is 5. The molecule has 0 amide bonds. The van der Waals surface area contributed by atoms with Crippen LogP contribution >= 0.6 is 0 Å². The summed E-state index contributed by atoms with van der Waals surface area (Å²) in [7, 11) is 2.26. The molecule has 112 valence electrons. The maximum absolute atomic E-state index is 3.76. The molecule has 19 heavy (non-hydrogen) atoms. The van der Waals surface area contributed by atoms with E-state index in [0.717, 1.165) is 6.04 Å². The summed E-state index contributed by atoms with van der Waals surface area (Å²) >= 11 is 0. The van der Waals surface area contributed by atoms with E-state index in [4.69, 9.17) is 0 Å². The van der Waals surface area contributed by atoms with Gasteiger partial charge in [-0.1, -0.05) is 19.3 Å². The third kappa shape index (κ3) is 4.73. The molecule has 0 aromatic rings. The summed E-state index contributed by atoms with van der Waals surface area (Å²) in [5, 5.41) is 3.76. The molecule has 3 heteroatoms. The lowest BCUT2D eigenvalue weighted by Crippen LogP contribution is -2.55. The van der Waals surface area contributed by atoms with E-state index in [1.54, 1.807) is 0 Å². The van der Waals surface area contributed by atoms with Crippen LogP contribution in [-0.4, -0.2) is 61.2 Å². The smallest absolute Gasteiger partial charge is 0.0195 e. The van der Waals surface area contributed by atoms with Gasteiger partial charge in [-0.2, -0.15) is 0 Å². The van der Waals surface area contributed by atoms with E-state index in [-0.39, 0.29) is 0 Å². The molecule has 2 fully saturated rings. The van der Waals surface area contributed by atoms with Crippen molar-refractivity contribution in [1.82, 2.24) is 15.1 Å². The Morgan fingerprint density at radius 3 is 2.26 bits per heavy atom. The van der Waals surface area contributed by atoms with Gasteiger partial charge < -0.3 is 10.2 Å². The molecular formula is C16H33N3. The Kier molecular flexibility index (Phi) is 6.11. The number of piperazine rings is 1. The molecule has 1 aliphatic carbocycles. The summed E-state index contributed by atoms with van der Waals surface area (Å²) < 4.78 is 0. The van der Waals surface area contributed by atoms with Crippen LogP contribution in [0.3, 0.4) is 0 Å². The zero-order chi connectivity index (χ0) is 13.7. The van der Waals surface area contributed by atoms with Gasteiger partial charge in [-0.05, 0) is 53.2 Å². The van der Waals surface area contributed by atoms with Crippen LogP contribution in [0.1, 0.15) is 52.4 Å². The fraction of sp³-hybridized carbons (Fsp3) is 1.00. The van der Waals surface area contributed by atoms with Gasteiger partial charge in [0.1, 0.15) is 0 Å². The molecule has 2 unspecified atom stereocenters. The summed E-state index contributed by atoms with van der Waals surface area (Å²) in [5.74, 6) is 0. The largest absolute Gasteiger partial charge is 0.314 e. The molecule has 2 rings (SSSR count). The molecule has 1 heterocycles. The highest BCUT2D eigenvalue weighted by Gasteiger charge is 2.25. The second kappa shape index (κ2) is 7.61. The predicted octanol–water partition coefficient (Wildman–Crippen LogP) is 2.32. The van der Waals surface area contributed by atoms with Crippen molar-refractivity contribution in [3.63, 3.8) is 0 Å². The van der Waals surface area contributed by atoms with Crippen molar-refractivity contribution in [2.24, 2.45) is 0 Å². The first-order valence-corrected chi connectivity index (χ1v) is 8.34. The van der Waals surface area contributed by atoms with Crippen molar-refractivity contribution < 1.29 is 0 Å². The fourth-order valence-corrected chi connectivity index (χ4v) is 3.61. The molecule has 2 aliphatic rings. The van der Waals surface area contributed by atoms with Crippen LogP contribution < -0.4 is 5.32 Å². The Bertz CT molecular complexity index is 238. The SMILES string of the molecule is CC1CN(CCCNC2CCCCC2)CC(C)N1C. The topological polar surface area (TPSA) is 18.5 Å². The maximum Gasteiger partial charge on any atom is 0.0195 e. The molecule has 1 aliphatic heterocycles. The number of hydrogen-bond donors (Lipinski definition) is 1. The van der Waals surface area contributed by atoms with Gasteiger partial charge in [-0.25, -0.2) is 0 Å². The van der Waals surface area contributed by atoms with E-state index in [2.05, 4.69) is 36.0 Å². The van der Waals surface area contributed by atoms with Crippen molar-refractivity contribution in [2.45, 2.75) is 70.5 Å². The lowest BCUT2D eigenvalue weighted by Gasteiger charge is -2.42. The Morgan fingerprint density at radius 2 is 1.63 bits per heavy atom. The molecule has 3 nitrogen and oxygen atoms in total. The van der Waals surface area contributed by atoms with E-state index < -0.39 is 0 Å². The van der Waals surface area contributed by atoms with Gasteiger partial charge in [0.15, 0.2) is 0 Å². The van der Waals surface area contributed by atoms with Crippen molar-refractivity contribution in [1.29, 1.82) is 0 Å². The highest BCUT2D eigenvalue weighted by atomic mass is 15.3. The number of nitrogens with one attached hydrogen (secondary N) is 1. The van der Waals surface area contributed by atoms with Crippen molar-refractivity contribution in [3.8, 4) is 0 Å². The summed E-state index contributed by atoms with van der Waals surface area (Å²) in [4.78, 5) is 5.16. The molecule has 0 aromatic carbocycles. The van der Waals surface area contributed by atoms with E-state index >= 15 is 0 Å². The number of nitrogens with zero attached hydrogens (tertiary/aromatic N) is 2. The zero-order valence-electron chi connectivity index (χ0n) is 13.2. The lowest BCUT2D eigenvalue weighted by atomic mass is 9.95. The lowest BCUT2D eigenvalue weighted by molar-refractivity contribution is 0.0593. The predicted molar refractivity (Wildman–Crippen MR) is 82.6 cm³/mol. The van der Waals surface area contributed by atoms with E-state index in [1.165, 1.54) is 64.7 Å². The Morgan fingerprint density at radius 1 is 1.00 bits per heavy atom. The first kappa shape index (κ1) is 15.3. The summed E-state index contributed by atoms with van der Waals surface area (Å²) in [5.41, 5.74) is 0. The molecule has 1 N–H and O–H groups in total. The van der Waals surface area contributed by atoms with Crippen LogP contribution in [0.2, 0.25) is 0 Å². The highest BCUT2D eigenvalue weighted by molar-refractivity contribution is 4.82. The first-order chi connectivity index (χ1) is 9.16. The average molecular weight is 267 g/mol. The first-order valence-electron chi connectivity index (χ1n) is 8.34. The zero-order valence-corrected chi connectivity index (χ0v) is 13.2. The van der Waals surface area contributed by atoms with E-state index in [1.807, 2.05) is 0 Å². The van der Waals surface area contributed by atoms with Crippen molar-refractivity contribution in [2.75, 3.05) is 33.2 Å². The molecule has 2 atom stereocenters. The molecule has 0 bridgehead atoms. The van der Waals surface area contributed by atoms with Gasteiger partial charge in [-0.3, -0.25) is 4.90 Å². The van der Waals surface area contributed by atoms with Crippen LogP contribution in [0, 0.1) is 0 Å². The van der Waals surface area contributed by atoms with Gasteiger partial charge in [0.25, 0.3) is 0 Å². The van der Waals surface area contributed by atoms with Gasteiger partial charge in [0.05, 0.1) is 0 Å². The van der Waals surface area contributed by atoms with Crippen LogP contribution in [-0.2, 0) is 0 Å². The number of likely N-dealkylation sites (N-methyl/N-ethyl adjacent to an activating group) is 1. The van der Waals surface area contributed by atoms with E-state index in [9.17, 15) is 0 Å². The van der Waals surface area contributed by atoms with Gasteiger partial charge in [0.2, 0.25) is 0 Å². The van der Waals surface area contributed by atoms with Crippen molar-refractivity contribution in [3.05, 3.63) is 0 Å². The second-order valence-electron chi connectivity index (χ2n) is 6.77. The standard InChI is InChI=1S/C16H33N3/c1-14-12-19(13-15(2)18(14)3)11-7-10-17-16-8-5-4-6-9-16/h14-17H,4-13H2,1-3H3. The normalized spacial score (nSPS) is 31.7. The second-order valence-corrected chi connectivity index (χ2v) is 6.77. The van der Waals surface area contributed by atoms with Crippen LogP contribution in [0.4, 0.5) is 0 Å². The van der Waals surface area contributed by atoms with Gasteiger partial charge >= 0.3 is 0 Å². The average Bonchev–Trinajstić information content (AvgIpc) is 2.42. The Hall–Kier alpha value is -0.120. The van der Waals surface area contributed by atoms with Crippen molar-refractivity contribution >= 4 is 0 Å². The van der Waals surface area contributed by atoms with E-state index in [0.29, 0.717) is 12.1 Å². The number of hydrogen-bond acceptors (Lipinski definition) is 3. The summed E-state index contributed by atoms with van der Waals surface area (Å²) in [6.07, 6.45) is 8.44. The fourth-order valence-electron chi connectivity index (χ4n) is 3.61. The minimum absolute atomic E-state index is 0.704. The Balaban J connectivity index is 1.58. The molecule has 1 saturated heterocycles. The van der Waals surface area contributed by atoms with Gasteiger partial charge in [0, 0.05) is 31.2 Å². The van der Waals surface area contributed by atoms with Gasteiger partial charge in [-0.15, -0.1) is 0 Å². The third-order valence-corrected chi connectivity index (χ3v) is 5.12.